The van der Waals surface area contributed by atoms with Gasteiger partial charge in [-0.3, -0.25) is 9.59 Å². The molecule has 2 aliphatic rings. The average Bonchev–Trinajstić information content (AvgIpc) is 3.18. The molecule has 1 aliphatic carbocycles. The summed E-state index contributed by atoms with van der Waals surface area (Å²) in [5.41, 5.74) is 6.76. The van der Waals surface area contributed by atoms with Crippen LogP contribution in [0.1, 0.15) is 44.9 Å². The highest BCUT2D eigenvalue weighted by Gasteiger charge is 2.30. The highest BCUT2D eigenvalue weighted by atomic mass is 35.5. The first kappa shape index (κ1) is 22.5. The molecule has 8 heteroatoms. The van der Waals surface area contributed by atoms with Gasteiger partial charge in [0.1, 0.15) is 11.9 Å². The summed E-state index contributed by atoms with van der Waals surface area (Å²) in [5.74, 6) is 0.432. The molecule has 0 unspecified atom stereocenters. The largest absolute Gasteiger partial charge is 0.495 e. The number of anilines is 2. The second kappa shape index (κ2) is 10.6. The van der Waals surface area contributed by atoms with E-state index >= 15 is 0 Å². The van der Waals surface area contributed by atoms with Crippen LogP contribution in [0, 0.1) is 5.92 Å². The molecule has 1 aliphatic heterocycles. The number of nitrogens with two attached hydrogens (primary N) is 1. The van der Waals surface area contributed by atoms with Crippen molar-refractivity contribution in [3.05, 3.63) is 18.2 Å². The zero-order valence-corrected chi connectivity index (χ0v) is 17.1. The topological polar surface area (TPSA) is 103 Å². The standard InChI is InChI=1S/C20H29N3O4.ClH/c1-26-17-9-7-14(22-20(25)18-10-8-15(12-21)27-18)11-16(17)23-19(24)13-5-3-2-4-6-13;/h7,9,11,13,15,18H,2-6,8,10,12,21H2,1H3,(H,22,25)(H,23,24);1H/t15-,18+;/m1./s1. The number of benzene rings is 1. The van der Waals surface area contributed by atoms with Crippen molar-refractivity contribution >= 4 is 35.6 Å². The third-order valence-electron chi connectivity index (χ3n) is 5.36. The highest BCUT2D eigenvalue weighted by molar-refractivity contribution is 5.97. The Morgan fingerprint density at radius 2 is 1.86 bits per heavy atom. The van der Waals surface area contributed by atoms with E-state index in [-0.39, 0.29) is 36.2 Å². The van der Waals surface area contributed by atoms with Gasteiger partial charge in [-0.15, -0.1) is 12.4 Å². The monoisotopic (exact) mass is 411 g/mol. The molecule has 4 N–H and O–H groups in total. The molecule has 0 aromatic heterocycles. The Labute approximate surface area is 172 Å². The molecule has 0 bridgehead atoms. The predicted octanol–water partition coefficient (Wildman–Crippen LogP) is 3.08. The third-order valence-corrected chi connectivity index (χ3v) is 5.36. The van der Waals surface area contributed by atoms with Crippen LogP contribution in [0.25, 0.3) is 0 Å². The first-order valence-electron chi connectivity index (χ1n) is 9.76. The molecule has 156 valence electrons. The normalized spacial score (nSPS) is 22.2. The van der Waals surface area contributed by atoms with Crippen molar-refractivity contribution in [2.75, 3.05) is 24.3 Å². The van der Waals surface area contributed by atoms with Crippen LogP contribution in [0.3, 0.4) is 0 Å². The predicted molar refractivity (Wildman–Crippen MR) is 111 cm³/mol. The first-order valence-corrected chi connectivity index (χ1v) is 9.76. The summed E-state index contributed by atoms with van der Waals surface area (Å²) in [5, 5.41) is 5.83. The van der Waals surface area contributed by atoms with E-state index in [1.807, 2.05) is 0 Å². The number of amides is 2. The molecule has 7 nitrogen and oxygen atoms in total. The molecule has 0 spiro atoms. The smallest absolute Gasteiger partial charge is 0.253 e. The number of hydrogen-bond donors (Lipinski definition) is 3. The number of ether oxygens (including phenoxy) is 2. The molecule has 0 radical (unpaired) electrons. The van der Waals surface area contributed by atoms with Crippen LogP contribution in [0.5, 0.6) is 5.75 Å². The quantitative estimate of drug-likeness (QED) is 0.667. The van der Waals surface area contributed by atoms with Crippen LogP contribution in [-0.2, 0) is 14.3 Å². The summed E-state index contributed by atoms with van der Waals surface area (Å²) in [6.45, 7) is 0.420. The van der Waals surface area contributed by atoms with E-state index in [0.29, 0.717) is 30.1 Å². The third kappa shape index (κ3) is 5.59. The molecule has 2 amide bonds. The zero-order chi connectivity index (χ0) is 19.2. The fourth-order valence-corrected chi connectivity index (χ4v) is 3.78. The number of hydrogen-bond acceptors (Lipinski definition) is 5. The number of nitrogens with one attached hydrogen (secondary N) is 2. The van der Waals surface area contributed by atoms with Crippen molar-refractivity contribution in [1.29, 1.82) is 0 Å². The average molecular weight is 412 g/mol. The van der Waals surface area contributed by atoms with Gasteiger partial charge in [0.05, 0.1) is 18.9 Å². The van der Waals surface area contributed by atoms with Crippen molar-refractivity contribution in [1.82, 2.24) is 0 Å². The van der Waals surface area contributed by atoms with Gasteiger partial charge in [0.15, 0.2) is 0 Å². The lowest BCUT2D eigenvalue weighted by molar-refractivity contribution is -0.126. The number of carbonyl (C=O) groups excluding carboxylic acids is 2. The van der Waals surface area contributed by atoms with Gasteiger partial charge < -0.3 is 25.8 Å². The minimum absolute atomic E-state index is 0. The maximum atomic E-state index is 12.6. The Morgan fingerprint density at radius 3 is 2.50 bits per heavy atom. The maximum absolute atomic E-state index is 12.6. The van der Waals surface area contributed by atoms with Crippen molar-refractivity contribution in [2.45, 2.75) is 57.2 Å². The zero-order valence-electron chi connectivity index (χ0n) is 16.2. The lowest BCUT2D eigenvalue weighted by Crippen LogP contribution is -2.30. The van der Waals surface area contributed by atoms with Gasteiger partial charge >= 0.3 is 0 Å². The number of methoxy groups -OCH3 is 1. The van der Waals surface area contributed by atoms with Gasteiger partial charge in [0, 0.05) is 18.2 Å². The minimum atomic E-state index is -0.485. The van der Waals surface area contributed by atoms with Crippen LogP contribution in [0.2, 0.25) is 0 Å². The first-order chi connectivity index (χ1) is 13.1. The molecule has 1 aromatic carbocycles. The highest BCUT2D eigenvalue weighted by Crippen LogP contribution is 2.31. The van der Waals surface area contributed by atoms with Crippen LogP contribution in [0.4, 0.5) is 11.4 Å². The Kier molecular flexibility index (Phi) is 8.54. The summed E-state index contributed by atoms with van der Waals surface area (Å²) in [6.07, 6.45) is 6.14. The second-order valence-electron chi connectivity index (χ2n) is 7.29. The molecule has 1 saturated carbocycles. The molecular weight excluding hydrogens is 382 g/mol. The van der Waals surface area contributed by atoms with Gasteiger partial charge in [0.25, 0.3) is 5.91 Å². The SMILES string of the molecule is COc1ccc(NC(=O)[C@@H]2CC[C@H](CN)O2)cc1NC(=O)C1CCCCC1.Cl. The lowest BCUT2D eigenvalue weighted by atomic mass is 9.88. The summed E-state index contributed by atoms with van der Waals surface area (Å²) in [4.78, 5) is 25.0. The van der Waals surface area contributed by atoms with E-state index in [4.69, 9.17) is 15.2 Å². The van der Waals surface area contributed by atoms with Crippen LogP contribution in [0.15, 0.2) is 18.2 Å². The van der Waals surface area contributed by atoms with Gasteiger partial charge in [-0.05, 0) is 43.9 Å². The Hall–Kier alpha value is -1.83. The maximum Gasteiger partial charge on any atom is 0.253 e. The van der Waals surface area contributed by atoms with Crippen molar-refractivity contribution < 1.29 is 19.1 Å². The summed E-state index contributed by atoms with van der Waals surface area (Å²) >= 11 is 0. The van der Waals surface area contributed by atoms with Crippen molar-refractivity contribution in [2.24, 2.45) is 11.7 Å². The summed E-state index contributed by atoms with van der Waals surface area (Å²) < 4.78 is 11.0. The lowest BCUT2D eigenvalue weighted by Gasteiger charge is -2.21. The van der Waals surface area contributed by atoms with Crippen molar-refractivity contribution in [3.63, 3.8) is 0 Å². The van der Waals surface area contributed by atoms with Crippen LogP contribution >= 0.6 is 12.4 Å². The van der Waals surface area contributed by atoms with Gasteiger partial charge in [-0.2, -0.15) is 0 Å². The molecule has 1 heterocycles. The van der Waals surface area contributed by atoms with E-state index in [2.05, 4.69) is 10.6 Å². The molecular formula is C20H30ClN3O4. The Morgan fingerprint density at radius 1 is 1.11 bits per heavy atom. The van der Waals surface area contributed by atoms with E-state index in [9.17, 15) is 9.59 Å². The Bertz CT molecular complexity index is 679. The van der Waals surface area contributed by atoms with E-state index in [0.717, 1.165) is 32.1 Å². The molecule has 3 rings (SSSR count). The Balaban J connectivity index is 0.00000280. The fraction of sp³-hybridized carbons (Fsp3) is 0.600. The molecule has 28 heavy (non-hydrogen) atoms. The van der Waals surface area contributed by atoms with Gasteiger partial charge in [0.2, 0.25) is 5.91 Å². The van der Waals surface area contributed by atoms with Gasteiger partial charge in [-0.1, -0.05) is 19.3 Å². The van der Waals surface area contributed by atoms with E-state index < -0.39 is 6.10 Å². The number of carbonyl (C=O) groups is 2. The molecule has 2 fully saturated rings. The summed E-state index contributed by atoms with van der Waals surface area (Å²) in [6, 6.07) is 5.22. The molecule has 2 atom stereocenters. The van der Waals surface area contributed by atoms with Gasteiger partial charge in [-0.25, -0.2) is 0 Å². The van der Waals surface area contributed by atoms with Crippen LogP contribution < -0.4 is 21.1 Å². The summed E-state index contributed by atoms with van der Waals surface area (Å²) in [7, 11) is 1.56. The molecule has 1 saturated heterocycles. The molecule has 1 aromatic rings. The number of halogens is 1. The fourth-order valence-electron chi connectivity index (χ4n) is 3.78. The number of rotatable bonds is 6. The second-order valence-corrected chi connectivity index (χ2v) is 7.29. The van der Waals surface area contributed by atoms with Crippen LogP contribution in [-0.4, -0.2) is 37.7 Å². The van der Waals surface area contributed by atoms with Crippen molar-refractivity contribution in [3.8, 4) is 5.75 Å². The van der Waals surface area contributed by atoms with E-state index in [1.54, 1.807) is 25.3 Å². The minimum Gasteiger partial charge on any atom is -0.495 e. The van der Waals surface area contributed by atoms with E-state index in [1.165, 1.54) is 6.42 Å².